The van der Waals surface area contributed by atoms with E-state index >= 15 is 0 Å². The lowest BCUT2D eigenvalue weighted by Gasteiger charge is -2.34. The van der Waals surface area contributed by atoms with Gasteiger partial charge in [-0.05, 0) is 37.7 Å². The van der Waals surface area contributed by atoms with Crippen LogP contribution in [0.2, 0.25) is 0 Å². The van der Waals surface area contributed by atoms with Crippen molar-refractivity contribution in [2.45, 2.75) is 23.6 Å². The lowest BCUT2D eigenvalue weighted by Crippen LogP contribution is -2.48. The van der Waals surface area contributed by atoms with Crippen molar-refractivity contribution in [2.24, 2.45) is 0 Å². The summed E-state index contributed by atoms with van der Waals surface area (Å²) < 4.78 is 0. The van der Waals surface area contributed by atoms with Gasteiger partial charge in [0, 0.05) is 42.7 Å². The van der Waals surface area contributed by atoms with Gasteiger partial charge in [0.25, 0.3) is 11.6 Å². The third-order valence-corrected chi connectivity index (χ3v) is 5.83. The number of nitro benzene ring substituents is 1. The first-order valence-electron chi connectivity index (χ1n) is 9.02. The van der Waals surface area contributed by atoms with Gasteiger partial charge in [-0.2, -0.15) is 0 Å². The summed E-state index contributed by atoms with van der Waals surface area (Å²) in [5.74, 6) is -0.138. The van der Waals surface area contributed by atoms with E-state index < -0.39 is 4.92 Å². The molecule has 0 atom stereocenters. The Labute approximate surface area is 163 Å². The normalized spacial score (nSPS) is 15.0. The third kappa shape index (κ3) is 4.67. The van der Waals surface area contributed by atoms with Crippen molar-refractivity contribution in [2.75, 3.05) is 32.7 Å². The largest absolute Gasteiger partial charge is 0.336 e. The van der Waals surface area contributed by atoms with E-state index in [9.17, 15) is 14.9 Å². The molecule has 0 aliphatic carbocycles. The van der Waals surface area contributed by atoms with Gasteiger partial charge in [0.2, 0.25) is 0 Å². The molecule has 2 aromatic rings. The van der Waals surface area contributed by atoms with Gasteiger partial charge in [0.1, 0.15) is 0 Å². The summed E-state index contributed by atoms with van der Waals surface area (Å²) in [7, 11) is 0. The highest BCUT2D eigenvalue weighted by atomic mass is 32.2. The van der Waals surface area contributed by atoms with Crippen molar-refractivity contribution in [1.82, 2.24) is 9.80 Å². The summed E-state index contributed by atoms with van der Waals surface area (Å²) in [6.45, 7) is 8.05. The number of rotatable bonds is 5. The van der Waals surface area contributed by atoms with Crippen LogP contribution in [0.25, 0.3) is 0 Å². The Balaban J connectivity index is 1.80. The Hall–Kier alpha value is -2.38. The van der Waals surface area contributed by atoms with Gasteiger partial charge >= 0.3 is 0 Å². The average Bonchev–Trinajstić information content (AvgIpc) is 2.69. The quantitative estimate of drug-likeness (QED) is 0.578. The summed E-state index contributed by atoms with van der Waals surface area (Å²) >= 11 is 1.34. The van der Waals surface area contributed by atoms with Crippen molar-refractivity contribution in [1.29, 1.82) is 0 Å². The molecule has 27 heavy (non-hydrogen) atoms. The highest BCUT2D eigenvalue weighted by Crippen LogP contribution is 2.35. The number of hydrogen-bond donors (Lipinski definition) is 0. The molecule has 142 valence electrons. The second kappa shape index (κ2) is 8.54. The zero-order valence-corrected chi connectivity index (χ0v) is 16.4. The van der Waals surface area contributed by atoms with Crippen LogP contribution >= 0.6 is 11.8 Å². The Bertz CT molecular complexity index is 831. The molecular formula is C20H23N3O3S. The molecule has 0 spiro atoms. The summed E-state index contributed by atoms with van der Waals surface area (Å²) in [5.41, 5.74) is 1.48. The molecule has 0 N–H and O–H groups in total. The number of benzene rings is 2. The van der Waals surface area contributed by atoms with Crippen LogP contribution in [0.4, 0.5) is 5.69 Å². The average molecular weight is 385 g/mol. The SMILES string of the molecule is CCN1CCN(C(=O)c2ccc(Sc3ccc(C)cc3)c([N+](=O)[O-])c2)CC1. The zero-order chi connectivity index (χ0) is 19.4. The number of carbonyl (C=O) groups is 1. The topological polar surface area (TPSA) is 66.7 Å². The minimum atomic E-state index is -0.414. The Kier molecular flexibility index (Phi) is 6.13. The monoisotopic (exact) mass is 385 g/mol. The van der Waals surface area contributed by atoms with Gasteiger partial charge in [-0.15, -0.1) is 0 Å². The standard InChI is InChI=1S/C20H23N3O3S/c1-3-21-10-12-22(13-11-21)20(24)16-6-9-19(18(14-16)23(25)26)27-17-7-4-15(2)5-8-17/h4-9,14H,3,10-13H2,1-2H3. The van der Waals surface area contributed by atoms with Crippen molar-refractivity contribution in [3.63, 3.8) is 0 Å². The van der Waals surface area contributed by atoms with E-state index in [-0.39, 0.29) is 11.6 Å². The molecule has 0 saturated carbocycles. The molecule has 6 nitrogen and oxygen atoms in total. The lowest BCUT2D eigenvalue weighted by molar-refractivity contribution is -0.387. The molecule has 0 unspecified atom stereocenters. The fourth-order valence-corrected chi connectivity index (χ4v) is 3.96. The van der Waals surface area contributed by atoms with E-state index in [1.54, 1.807) is 17.0 Å². The Morgan fingerprint density at radius 1 is 1.11 bits per heavy atom. The molecule has 1 heterocycles. The van der Waals surface area contributed by atoms with Crippen molar-refractivity contribution < 1.29 is 9.72 Å². The van der Waals surface area contributed by atoms with Crippen molar-refractivity contribution in [3.05, 3.63) is 63.7 Å². The molecule has 1 fully saturated rings. The van der Waals surface area contributed by atoms with E-state index in [4.69, 9.17) is 0 Å². The van der Waals surface area contributed by atoms with Gasteiger partial charge in [-0.25, -0.2) is 0 Å². The molecule has 1 aliphatic rings. The maximum atomic E-state index is 12.8. The van der Waals surface area contributed by atoms with Gasteiger partial charge < -0.3 is 9.80 Å². The van der Waals surface area contributed by atoms with Gasteiger partial charge in [0.15, 0.2) is 0 Å². The van der Waals surface area contributed by atoms with Crippen LogP contribution in [0, 0.1) is 17.0 Å². The van der Waals surface area contributed by atoms with Crippen LogP contribution in [-0.4, -0.2) is 53.4 Å². The summed E-state index contributed by atoms with van der Waals surface area (Å²) in [4.78, 5) is 29.4. The molecule has 1 amide bonds. The summed E-state index contributed by atoms with van der Waals surface area (Å²) in [6, 6.07) is 12.6. The maximum Gasteiger partial charge on any atom is 0.284 e. The van der Waals surface area contributed by atoms with E-state index in [0.29, 0.717) is 23.5 Å². The fourth-order valence-electron chi connectivity index (χ4n) is 3.06. The number of hydrogen-bond acceptors (Lipinski definition) is 5. The minimum absolute atomic E-state index is 0.0291. The number of aryl methyl sites for hydroxylation is 1. The smallest absolute Gasteiger partial charge is 0.284 e. The van der Waals surface area contributed by atoms with Crippen molar-refractivity contribution >= 4 is 23.4 Å². The van der Waals surface area contributed by atoms with E-state index in [1.807, 2.05) is 31.2 Å². The van der Waals surface area contributed by atoms with Crippen LogP contribution in [0.15, 0.2) is 52.3 Å². The highest BCUT2D eigenvalue weighted by Gasteiger charge is 2.24. The molecule has 1 aliphatic heterocycles. The summed E-state index contributed by atoms with van der Waals surface area (Å²) in [6.07, 6.45) is 0. The number of piperazine rings is 1. The van der Waals surface area contributed by atoms with Crippen molar-refractivity contribution in [3.8, 4) is 0 Å². The molecule has 2 aromatic carbocycles. The van der Waals surface area contributed by atoms with Crippen LogP contribution in [0.1, 0.15) is 22.8 Å². The van der Waals surface area contributed by atoms with E-state index in [1.165, 1.54) is 17.8 Å². The molecular weight excluding hydrogens is 362 g/mol. The predicted molar refractivity (Wildman–Crippen MR) is 106 cm³/mol. The second-order valence-electron chi connectivity index (χ2n) is 6.58. The Morgan fingerprint density at radius 3 is 2.37 bits per heavy atom. The molecule has 0 bridgehead atoms. The van der Waals surface area contributed by atoms with E-state index in [0.717, 1.165) is 30.1 Å². The van der Waals surface area contributed by atoms with Crippen LogP contribution in [-0.2, 0) is 0 Å². The highest BCUT2D eigenvalue weighted by molar-refractivity contribution is 7.99. The number of nitro groups is 1. The number of nitrogens with zero attached hydrogens (tertiary/aromatic N) is 3. The Morgan fingerprint density at radius 2 is 1.78 bits per heavy atom. The number of carbonyl (C=O) groups excluding carboxylic acids is 1. The van der Waals surface area contributed by atoms with Crippen LogP contribution in [0.5, 0.6) is 0 Å². The molecule has 0 radical (unpaired) electrons. The lowest BCUT2D eigenvalue weighted by atomic mass is 10.1. The number of amides is 1. The van der Waals surface area contributed by atoms with Gasteiger partial charge in [-0.3, -0.25) is 14.9 Å². The molecule has 1 saturated heterocycles. The van der Waals surface area contributed by atoms with Crippen LogP contribution in [0.3, 0.4) is 0 Å². The second-order valence-corrected chi connectivity index (χ2v) is 7.70. The molecule has 3 rings (SSSR count). The number of likely N-dealkylation sites (N-methyl/N-ethyl adjacent to an activating group) is 1. The van der Waals surface area contributed by atoms with Gasteiger partial charge in [-0.1, -0.05) is 36.4 Å². The van der Waals surface area contributed by atoms with Gasteiger partial charge in [0.05, 0.1) is 9.82 Å². The minimum Gasteiger partial charge on any atom is -0.336 e. The third-order valence-electron chi connectivity index (χ3n) is 4.76. The van der Waals surface area contributed by atoms with Crippen LogP contribution < -0.4 is 0 Å². The first kappa shape index (κ1) is 19.4. The zero-order valence-electron chi connectivity index (χ0n) is 15.6. The fraction of sp³-hybridized carbons (Fsp3) is 0.350. The first-order chi connectivity index (χ1) is 13.0. The maximum absolute atomic E-state index is 12.8. The predicted octanol–water partition coefficient (Wildman–Crippen LogP) is 3.83. The van der Waals surface area contributed by atoms with E-state index in [2.05, 4.69) is 11.8 Å². The first-order valence-corrected chi connectivity index (χ1v) is 9.84. The summed E-state index contributed by atoms with van der Waals surface area (Å²) in [5, 5.41) is 11.6. The molecule has 0 aromatic heterocycles. The molecule has 7 heteroatoms.